The molecule has 1 aliphatic heterocycles. The van der Waals surface area contributed by atoms with Gasteiger partial charge in [0.1, 0.15) is 18.5 Å². The Labute approximate surface area is 182 Å². The molecule has 1 aromatic heterocycles. The summed E-state index contributed by atoms with van der Waals surface area (Å²) in [6.07, 6.45) is 3.27. The number of piperazine rings is 1. The van der Waals surface area contributed by atoms with E-state index in [4.69, 9.17) is 4.99 Å². The lowest BCUT2D eigenvalue weighted by Gasteiger charge is -2.37. The highest BCUT2D eigenvalue weighted by Gasteiger charge is 2.19. The number of nitrogens with one attached hydrogen (secondary N) is 1. The van der Waals surface area contributed by atoms with Crippen molar-refractivity contribution in [3.05, 3.63) is 78.1 Å². The van der Waals surface area contributed by atoms with Crippen molar-refractivity contribution in [2.24, 2.45) is 4.99 Å². The molecular formula is C23H28FN7. The van der Waals surface area contributed by atoms with Crippen molar-refractivity contribution >= 4 is 11.6 Å². The molecule has 1 saturated heterocycles. The number of anilines is 1. The number of aromatic nitrogens is 3. The van der Waals surface area contributed by atoms with E-state index in [1.165, 1.54) is 17.7 Å². The van der Waals surface area contributed by atoms with Crippen molar-refractivity contribution in [2.75, 3.05) is 37.6 Å². The number of hydrogen-bond acceptors (Lipinski definition) is 4. The van der Waals surface area contributed by atoms with Crippen LogP contribution in [0, 0.1) is 5.82 Å². The first kappa shape index (κ1) is 20.8. The van der Waals surface area contributed by atoms with E-state index in [1.54, 1.807) is 12.7 Å². The minimum atomic E-state index is -0.200. The Kier molecular flexibility index (Phi) is 6.76. The van der Waals surface area contributed by atoms with Crippen LogP contribution in [0.1, 0.15) is 18.1 Å². The van der Waals surface area contributed by atoms with Gasteiger partial charge in [0.05, 0.1) is 13.1 Å². The monoisotopic (exact) mass is 421 g/mol. The Bertz CT molecular complexity index is 977. The number of benzene rings is 2. The average molecular weight is 422 g/mol. The van der Waals surface area contributed by atoms with Gasteiger partial charge in [0, 0.05) is 38.4 Å². The van der Waals surface area contributed by atoms with Crippen molar-refractivity contribution in [1.82, 2.24) is 25.0 Å². The second kappa shape index (κ2) is 10.1. The number of halogens is 1. The lowest BCUT2D eigenvalue weighted by atomic mass is 10.1. The van der Waals surface area contributed by atoms with Gasteiger partial charge in [-0.3, -0.25) is 0 Å². The average Bonchev–Trinajstić information content (AvgIpc) is 3.31. The molecule has 7 nitrogen and oxygen atoms in total. The minimum Gasteiger partial charge on any atom is -0.368 e. The highest BCUT2D eigenvalue weighted by molar-refractivity contribution is 5.80. The summed E-state index contributed by atoms with van der Waals surface area (Å²) in [4.78, 5) is 13.5. The summed E-state index contributed by atoms with van der Waals surface area (Å²) in [7, 11) is 0. The van der Waals surface area contributed by atoms with Gasteiger partial charge in [0.2, 0.25) is 0 Å². The molecule has 0 radical (unpaired) electrons. The molecule has 3 aromatic rings. The van der Waals surface area contributed by atoms with Gasteiger partial charge >= 0.3 is 0 Å². The van der Waals surface area contributed by atoms with E-state index >= 15 is 0 Å². The summed E-state index contributed by atoms with van der Waals surface area (Å²) in [6, 6.07) is 15.1. The molecule has 1 fully saturated rings. The Balaban J connectivity index is 1.38. The molecule has 0 spiro atoms. The lowest BCUT2D eigenvalue weighted by molar-refractivity contribution is 0.372. The van der Waals surface area contributed by atoms with Crippen molar-refractivity contribution in [3.63, 3.8) is 0 Å². The molecule has 0 bridgehead atoms. The molecule has 1 N–H and O–H groups in total. The predicted molar refractivity (Wildman–Crippen MR) is 121 cm³/mol. The van der Waals surface area contributed by atoms with Crippen molar-refractivity contribution in [2.45, 2.75) is 20.0 Å². The van der Waals surface area contributed by atoms with Crippen molar-refractivity contribution < 1.29 is 4.39 Å². The lowest BCUT2D eigenvalue weighted by Crippen LogP contribution is -2.52. The fourth-order valence-electron chi connectivity index (χ4n) is 3.75. The Morgan fingerprint density at radius 2 is 1.84 bits per heavy atom. The van der Waals surface area contributed by atoms with E-state index in [0.717, 1.165) is 49.9 Å². The third kappa shape index (κ3) is 5.59. The van der Waals surface area contributed by atoms with E-state index in [-0.39, 0.29) is 5.82 Å². The third-order valence-electron chi connectivity index (χ3n) is 5.32. The Hall–Kier alpha value is -3.42. The molecule has 0 atom stereocenters. The van der Waals surface area contributed by atoms with Gasteiger partial charge < -0.3 is 15.1 Å². The topological polar surface area (TPSA) is 61.6 Å². The second-order valence-electron chi connectivity index (χ2n) is 7.53. The normalized spacial score (nSPS) is 14.7. The molecule has 4 rings (SSSR count). The van der Waals surface area contributed by atoms with Crippen LogP contribution < -0.4 is 10.2 Å². The van der Waals surface area contributed by atoms with Gasteiger partial charge in [0.25, 0.3) is 0 Å². The first-order valence-electron chi connectivity index (χ1n) is 10.7. The van der Waals surface area contributed by atoms with E-state index in [0.29, 0.717) is 13.1 Å². The van der Waals surface area contributed by atoms with Gasteiger partial charge in [0.15, 0.2) is 5.96 Å². The fraction of sp³-hybridized carbons (Fsp3) is 0.348. The van der Waals surface area contributed by atoms with Crippen LogP contribution in [0.5, 0.6) is 0 Å². The molecule has 8 heteroatoms. The van der Waals surface area contributed by atoms with Gasteiger partial charge in [-0.15, -0.1) is 0 Å². The van der Waals surface area contributed by atoms with Crippen LogP contribution in [0.4, 0.5) is 10.1 Å². The quantitative estimate of drug-likeness (QED) is 0.490. The van der Waals surface area contributed by atoms with Crippen molar-refractivity contribution in [1.29, 1.82) is 0 Å². The van der Waals surface area contributed by atoms with Crippen LogP contribution in [-0.4, -0.2) is 58.3 Å². The molecule has 0 unspecified atom stereocenters. The summed E-state index contributed by atoms with van der Waals surface area (Å²) in [6.45, 7) is 7.72. The van der Waals surface area contributed by atoms with Gasteiger partial charge in [-0.25, -0.2) is 19.0 Å². The van der Waals surface area contributed by atoms with Crippen LogP contribution in [0.15, 0.2) is 66.2 Å². The zero-order valence-corrected chi connectivity index (χ0v) is 17.8. The summed E-state index contributed by atoms with van der Waals surface area (Å²) in [5.41, 5.74) is 3.40. The van der Waals surface area contributed by atoms with Crippen LogP contribution >= 0.6 is 0 Å². The zero-order chi connectivity index (χ0) is 21.5. The van der Waals surface area contributed by atoms with Gasteiger partial charge in [-0.1, -0.05) is 24.3 Å². The summed E-state index contributed by atoms with van der Waals surface area (Å²) >= 11 is 0. The molecule has 162 valence electrons. The number of nitrogens with zero attached hydrogens (tertiary/aromatic N) is 6. The fourth-order valence-corrected chi connectivity index (χ4v) is 3.75. The number of hydrogen-bond donors (Lipinski definition) is 1. The number of guanidine groups is 1. The van der Waals surface area contributed by atoms with E-state index < -0.39 is 0 Å². The molecule has 0 aliphatic carbocycles. The van der Waals surface area contributed by atoms with Crippen LogP contribution in [0.3, 0.4) is 0 Å². The molecular weight excluding hydrogens is 393 g/mol. The molecule has 2 aromatic carbocycles. The number of rotatable bonds is 6. The zero-order valence-electron chi connectivity index (χ0n) is 17.8. The molecule has 2 heterocycles. The Morgan fingerprint density at radius 1 is 1.06 bits per heavy atom. The standard InChI is InChI=1S/C23H28FN7/c1-2-26-23(30-12-10-29(11-13-30)22-8-6-21(24)7-9-22)27-15-19-4-3-5-20(14-19)16-31-18-25-17-28-31/h3-9,14,17-18H,2,10-13,15-16H2,1H3,(H,26,27). The molecule has 0 saturated carbocycles. The highest BCUT2D eigenvalue weighted by atomic mass is 19.1. The number of aliphatic imine (C=N–C) groups is 1. The van der Waals surface area contributed by atoms with Gasteiger partial charge in [-0.2, -0.15) is 5.10 Å². The van der Waals surface area contributed by atoms with E-state index in [1.807, 2.05) is 16.8 Å². The van der Waals surface area contributed by atoms with Crippen LogP contribution in [0.2, 0.25) is 0 Å². The third-order valence-corrected chi connectivity index (χ3v) is 5.32. The molecule has 31 heavy (non-hydrogen) atoms. The van der Waals surface area contributed by atoms with Gasteiger partial charge in [-0.05, 0) is 42.3 Å². The van der Waals surface area contributed by atoms with E-state index in [2.05, 4.69) is 56.4 Å². The smallest absolute Gasteiger partial charge is 0.194 e. The first-order valence-corrected chi connectivity index (χ1v) is 10.7. The maximum atomic E-state index is 13.2. The summed E-state index contributed by atoms with van der Waals surface area (Å²) in [5.74, 6) is 0.734. The summed E-state index contributed by atoms with van der Waals surface area (Å²) < 4.78 is 15.0. The molecule has 1 aliphatic rings. The first-order chi connectivity index (χ1) is 15.2. The highest BCUT2D eigenvalue weighted by Crippen LogP contribution is 2.17. The van der Waals surface area contributed by atoms with Crippen LogP contribution in [0.25, 0.3) is 0 Å². The van der Waals surface area contributed by atoms with Crippen molar-refractivity contribution in [3.8, 4) is 0 Å². The Morgan fingerprint density at radius 3 is 2.55 bits per heavy atom. The summed E-state index contributed by atoms with van der Waals surface area (Å²) in [5, 5.41) is 7.59. The maximum absolute atomic E-state index is 13.2. The SMILES string of the molecule is CCNC(=NCc1cccc(Cn2cncn2)c1)N1CCN(c2ccc(F)cc2)CC1. The largest absolute Gasteiger partial charge is 0.368 e. The minimum absolute atomic E-state index is 0.200. The maximum Gasteiger partial charge on any atom is 0.194 e. The molecule has 0 amide bonds. The predicted octanol–water partition coefficient (Wildman–Crippen LogP) is 2.75. The van der Waals surface area contributed by atoms with E-state index in [9.17, 15) is 4.39 Å². The second-order valence-corrected chi connectivity index (χ2v) is 7.53. The van der Waals surface area contributed by atoms with Crippen LogP contribution in [-0.2, 0) is 13.1 Å².